The van der Waals surface area contributed by atoms with E-state index in [2.05, 4.69) is 0 Å². The average molecular weight is 275 g/mol. The van der Waals surface area contributed by atoms with E-state index >= 15 is 0 Å². The fourth-order valence-electron chi connectivity index (χ4n) is 1.71. The van der Waals surface area contributed by atoms with Gasteiger partial charge in [-0.1, -0.05) is 0 Å². The summed E-state index contributed by atoms with van der Waals surface area (Å²) in [6, 6.07) is 0. The predicted molar refractivity (Wildman–Crippen MR) is 52.2 cm³/mol. The zero-order valence-electron chi connectivity index (χ0n) is 9.77. The average Bonchev–Trinajstić information content (AvgIpc) is 2.75. The standard InChI is InChI=1S/C10H14F5NO2/c1-2-16(6-7-4-3-5-18-7)8(17)9(11,12)10(13,14)15/h7H,2-6H2,1H3. The normalized spacial score (nSPS) is 21.1. The molecule has 1 rings (SSSR count). The molecule has 0 bridgehead atoms. The van der Waals surface area contributed by atoms with Gasteiger partial charge in [0.25, 0.3) is 0 Å². The van der Waals surface area contributed by atoms with Crippen LogP contribution in [0, 0.1) is 0 Å². The molecule has 106 valence electrons. The molecular weight excluding hydrogens is 261 g/mol. The minimum atomic E-state index is -5.87. The molecule has 8 heteroatoms. The number of nitrogens with zero attached hydrogens (tertiary/aromatic N) is 1. The maximum atomic E-state index is 12.9. The summed E-state index contributed by atoms with van der Waals surface area (Å²) in [6.07, 6.45) is -5.06. The Morgan fingerprint density at radius 2 is 1.94 bits per heavy atom. The van der Waals surface area contributed by atoms with Crippen molar-refractivity contribution in [3.05, 3.63) is 0 Å². The van der Waals surface area contributed by atoms with Crippen molar-refractivity contribution in [2.75, 3.05) is 19.7 Å². The van der Waals surface area contributed by atoms with Crippen LogP contribution in [0.4, 0.5) is 22.0 Å². The Kier molecular flexibility index (Phi) is 4.52. The summed E-state index contributed by atoms with van der Waals surface area (Å²) in [5, 5.41) is 0. The second kappa shape index (κ2) is 5.38. The predicted octanol–water partition coefficient (Wildman–Crippen LogP) is 2.21. The summed E-state index contributed by atoms with van der Waals surface area (Å²) in [7, 11) is 0. The molecule has 1 fully saturated rings. The summed E-state index contributed by atoms with van der Waals surface area (Å²) in [6.45, 7) is 1.33. The van der Waals surface area contributed by atoms with E-state index in [9.17, 15) is 26.7 Å². The molecule has 1 atom stereocenters. The molecule has 1 amide bonds. The zero-order valence-corrected chi connectivity index (χ0v) is 9.77. The highest BCUT2D eigenvalue weighted by molar-refractivity contribution is 5.84. The molecule has 0 saturated carbocycles. The van der Waals surface area contributed by atoms with Crippen molar-refractivity contribution in [3.63, 3.8) is 0 Å². The maximum Gasteiger partial charge on any atom is 0.463 e. The number of hydrogen-bond acceptors (Lipinski definition) is 2. The van der Waals surface area contributed by atoms with Gasteiger partial charge in [0.1, 0.15) is 0 Å². The summed E-state index contributed by atoms with van der Waals surface area (Å²) < 4.78 is 67.1. The fraction of sp³-hybridized carbons (Fsp3) is 0.900. The summed E-state index contributed by atoms with van der Waals surface area (Å²) in [4.78, 5) is 11.7. The molecule has 1 aliphatic heterocycles. The van der Waals surface area contributed by atoms with E-state index < -0.39 is 24.1 Å². The summed E-state index contributed by atoms with van der Waals surface area (Å²) in [5.41, 5.74) is 0. The van der Waals surface area contributed by atoms with Gasteiger partial charge in [-0.3, -0.25) is 4.79 Å². The van der Waals surface area contributed by atoms with Crippen LogP contribution in [0.15, 0.2) is 0 Å². The maximum absolute atomic E-state index is 12.9. The first-order valence-electron chi connectivity index (χ1n) is 5.55. The van der Waals surface area contributed by atoms with Crippen LogP contribution in [-0.4, -0.2) is 48.7 Å². The van der Waals surface area contributed by atoms with Crippen LogP contribution in [0.3, 0.4) is 0 Å². The molecule has 0 N–H and O–H groups in total. The molecule has 0 aromatic heterocycles. The third-order valence-corrected chi connectivity index (χ3v) is 2.74. The number of halogens is 5. The highest BCUT2D eigenvalue weighted by atomic mass is 19.4. The van der Waals surface area contributed by atoms with Crippen molar-refractivity contribution < 1.29 is 31.5 Å². The fourth-order valence-corrected chi connectivity index (χ4v) is 1.71. The Morgan fingerprint density at radius 1 is 1.33 bits per heavy atom. The topological polar surface area (TPSA) is 29.5 Å². The lowest BCUT2D eigenvalue weighted by atomic mass is 10.2. The number of alkyl halides is 5. The first-order chi connectivity index (χ1) is 8.20. The molecule has 0 spiro atoms. The van der Waals surface area contributed by atoms with Gasteiger partial charge in [0.15, 0.2) is 0 Å². The minimum absolute atomic E-state index is 0.218. The number of rotatable bonds is 4. The highest BCUT2D eigenvalue weighted by Gasteiger charge is 2.64. The molecule has 0 aliphatic carbocycles. The van der Waals surface area contributed by atoms with Crippen molar-refractivity contribution in [1.29, 1.82) is 0 Å². The second-order valence-corrected chi connectivity index (χ2v) is 4.05. The van der Waals surface area contributed by atoms with Crippen molar-refractivity contribution >= 4 is 5.91 Å². The molecule has 1 aliphatic rings. The zero-order chi connectivity index (χ0) is 14.0. The summed E-state index contributed by atoms with van der Waals surface area (Å²) >= 11 is 0. The van der Waals surface area contributed by atoms with Gasteiger partial charge in [-0.15, -0.1) is 0 Å². The van der Waals surface area contributed by atoms with E-state index in [1.165, 1.54) is 6.92 Å². The number of carbonyl (C=O) groups is 1. The summed E-state index contributed by atoms with van der Waals surface area (Å²) in [5.74, 6) is -7.56. The number of hydrogen-bond donors (Lipinski definition) is 0. The van der Waals surface area contributed by atoms with Crippen LogP contribution >= 0.6 is 0 Å². The Bertz CT molecular complexity index is 299. The molecule has 3 nitrogen and oxygen atoms in total. The molecule has 1 heterocycles. The van der Waals surface area contributed by atoms with Crippen LogP contribution in [-0.2, 0) is 9.53 Å². The molecule has 18 heavy (non-hydrogen) atoms. The van der Waals surface area contributed by atoms with Gasteiger partial charge >= 0.3 is 18.0 Å². The number of ether oxygens (including phenoxy) is 1. The Labute approximate surface area is 101 Å². The minimum Gasteiger partial charge on any atom is -0.376 e. The number of carbonyl (C=O) groups excluding carboxylic acids is 1. The number of likely N-dealkylation sites (N-methyl/N-ethyl adjacent to an activating group) is 1. The Balaban J connectivity index is 2.72. The van der Waals surface area contributed by atoms with Crippen LogP contribution < -0.4 is 0 Å². The van der Waals surface area contributed by atoms with Gasteiger partial charge in [0, 0.05) is 19.7 Å². The van der Waals surface area contributed by atoms with Gasteiger partial charge in [-0.2, -0.15) is 22.0 Å². The largest absolute Gasteiger partial charge is 0.463 e. The molecular formula is C10H14F5NO2. The van der Waals surface area contributed by atoms with Crippen molar-refractivity contribution in [1.82, 2.24) is 4.90 Å². The van der Waals surface area contributed by atoms with E-state index in [1.807, 2.05) is 0 Å². The lowest BCUT2D eigenvalue weighted by Gasteiger charge is -2.28. The van der Waals surface area contributed by atoms with Crippen LogP contribution in [0.5, 0.6) is 0 Å². The van der Waals surface area contributed by atoms with Crippen LogP contribution in [0.25, 0.3) is 0 Å². The number of amides is 1. The SMILES string of the molecule is CCN(CC1CCCO1)C(=O)C(F)(F)C(F)(F)F. The molecule has 0 radical (unpaired) electrons. The van der Waals surface area contributed by atoms with Crippen molar-refractivity contribution in [2.24, 2.45) is 0 Å². The van der Waals surface area contributed by atoms with Crippen molar-refractivity contribution in [3.8, 4) is 0 Å². The van der Waals surface area contributed by atoms with E-state index in [4.69, 9.17) is 4.74 Å². The third-order valence-electron chi connectivity index (χ3n) is 2.74. The van der Waals surface area contributed by atoms with Gasteiger partial charge in [-0.25, -0.2) is 0 Å². The lowest BCUT2D eigenvalue weighted by Crippen LogP contribution is -2.53. The quantitative estimate of drug-likeness (QED) is 0.736. The van der Waals surface area contributed by atoms with Crippen molar-refractivity contribution in [2.45, 2.75) is 38.0 Å². The molecule has 0 aromatic carbocycles. The Morgan fingerprint density at radius 3 is 2.33 bits per heavy atom. The lowest BCUT2D eigenvalue weighted by molar-refractivity contribution is -0.274. The monoisotopic (exact) mass is 275 g/mol. The first kappa shape index (κ1) is 15.1. The van der Waals surface area contributed by atoms with Crippen LogP contribution in [0.1, 0.15) is 19.8 Å². The Hall–Kier alpha value is -0.920. The van der Waals surface area contributed by atoms with Gasteiger partial charge in [-0.05, 0) is 19.8 Å². The second-order valence-electron chi connectivity index (χ2n) is 4.05. The van der Waals surface area contributed by atoms with E-state index in [-0.39, 0.29) is 13.1 Å². The molecule has 1 unspecified atom stereocenters. The third kappa shape index (κ3) is 3.09. The van der Waals surface area contributed by atoms with Gasteiger partial charge in [0.2, 0.25) is 0 Å². The van der Waals surface area contributed by atoms with E-state index in [0.29, 0.717) is 24.3 Å². The van der Waals surface area contributed by atoms with Gasteiger partial charge in [0.05, 0.1) is 6.10 Å². The van der Waals surface area contributed by atoms with E-state index in [1.54, 1.807) is 0 Å². The molecule has 0 aromatic rings. The highest BCUT2D eigenvalue weighted by Crippen LogP contribution is 2.37. The first-order valence-corrected chi connectivity index (χ1v) is 5.55. The van der Waals surface area contributed by atoms with E-state index in [0.717, 1.165) is 0 Å². The van der Waals surface area contributed by atoms with Crippen LogP contribution in [0.2, 0.25) is 0 Å². The smallest absolute Gasteiger partial charge is 0.376 e. The van der Waals surface area contributed by atoms with Gasteiger partial charge < -0.3 is 9.64 Å². The molecule has 1 saturated heterocycles.